The molecule has 0 saturated carbocycles. The van der Waals surface area contributed by atoms with Crippen molar-refractivity contribution in [3.8, 4) is 0 Å². The molecule has 1 spiro atoms. The highest BCUT2D eigenvalue weighted by atomic mass is 16.2. The van der Waals surface area contributed by atoms with E-state index in [4.69, 9.17) is 0 Å². The lowest BCUT2D eigenvalue weighted by atomic mass is 9.77. The average Bonchev–Trinajstić information content (AvgIpc) is 3.33. The van der Waals surface area contributed by atoms with E-state index in [2.05, 4.69) is 15.3 Å². The fourth-order valence-electron chi connectivity index (χ4n) is 4.54. The number of aromatic amines is 1. The lowest BCUT2D eigenvalue weighted by Gasteiger charge is -2.40. The van der Waals surface area contributed by atoms with Crippen LogP contribution in [-0.2, 0) is 18.9 Å². The van der Waals surface area contributed by atoms with Crippen molar-refractivity contribution < 1.29 is 4.79 Å². The fourth-order valence-corrected chi connectivity index (χ4v) is 4.54. The van der Waals surface area contributed by atoms with E-state index in [1.54, 1.807) is 10.7 Å². The molecule has 3 aromatic heterocycles. The van der Waals surface area contributed by atoms with Crippen molar-refractivity contribution >= 4 is 11.6 Å². The maximum Gasteiger partial charge on any atom is 0.259 e. The van der Waals surface area contributed by atoms with Crippen LogP contribution in [-0.4, -0.2) is 48.3 Å². The van der Waals surface area contributed by atoms with E-state index < -0.39 is 0 Å². The summed E-state index contributed by atoms with van der Waals surface area (Å²) >= 11 is 0. The van der Waals surface area contributed by atoms with Crippen LogP contribution in [0, 0.1) is 0 Å². The monoisotopic (exact) mass is 324 g/mol. The van der Waals surface area contributed by atoms with Gasteiger partial charge in [0.05, 0.1) is 12.4 Å². The molecule has 7 heteroatoms. The molecule has 1 N–H and O–H groups in total. The van der Waals surface area contributed by atoms with Crippen LogP contribution in [0.1, 0.15) is 40.9 Å². The minimum atomic E-state index is 0.0558. The molecule has 1 atom stereocenters. The normalized spacial score (nSPS) is 23.3. The van der Waals surface area contributed by atoms with Crippen molar-refractivity contribution in [2.75, 3.05) is 13.1 Å². The molecule has 0 bridgehead atoms. The molecule has 1 saturated heterocycles. The lowest BCUT2D eigenvalue weighted by molar-refractivity contribution is 0.0634. The van der Waals surface area contributed by atoms with Gasteiger partial charge in [-0.3, -0.25) is 9.89 Å². The van der Waals surface area contributed by atoms with Crippen molar-refractivity contribution in [2.24, 2.45) is 7.05 Å². The number of carbonyl (C=O) groups excluding carboxylic acids is 1. The number of carbonyl (C=O) groups is 1. The second-order valence-corrected chi connectivity index (χ2v) is 7.12. The minimum absolute atomic E-state index is 0.0558. The van der Waals surface area contributed by atoms with E-state index in [1.165, 1.54) is 11.3 Å². The van der Waals surface area contributed by atoms with Crippen LogP contribution in [0.5, 0.6) is 0 Å². The highest BCUT2D eigenvalue weighted by Gasteiger charge is 2.44. The number of amides is 1. The number of nitrogens with zero attached hydrogens (tertiary/aromatic N) is 5. The predicted octanol–water partition coefficient (Wildman–Crippen LogP) is 1.52. The number of aryl methyl sites for hydroxylation is 2. The van der Waals surface area contributed by atoms with Gasteiger partial charge in [0.1, 0.15) is 11.2 Å². The standard InChI is InChI=1S/C17H20N6O/c1-21-7-8-23-15(21)13(10-19-23)16(24)22-6-2-4-17(11-22)5-3-12-9-18-20-14(12)17/h7-10H,2-6,11H2,1H3,(H,18,20). The minimum Gasteiger partial charge on any atom is -0.338 e. The lowest BCUT2D eigenvalue weighted by Crippen LogP contribution is -2.47. The number of hydrogen-bond acceptors (Lipinski definition) is 3. The first kappa shape index (κ1) is 13.8. The SMILES string of the molecule is Cn1ccn2ncc(C(=O)N3CCCC4(CCc5cn[nH]c54)C3)c12. The Balaban J connectivity index is 1.49. The second-order valence-electron chi connectivity index (χ2n) is 7.12. The first-order chi connectivity index (χ1) is 11.7. The van der Waals surface area contributed by atoms with Crippen LogP contribution in [0.3, 0.4) is 0 Å². The third-order valence-corrected chi connectivity index (χ3v) is 5.75. The molecular formula is C17H20N6O. The van der Waals surface area contributed by atoms with Crippen molar-refractivity contribution in [1.29, 1.82) is 0 Å². The number of likely N-dealkylation sites (tertiary alicyclic amines) is 1. The summed E-state index contributed by atoms with van der Waals surface area (Å²) in [5, 5.41) is 11.7. The quantitative estimate of drug-likeness (QED) is 0.738. The van der Waals surface area contributed by atoms with Gasteiger partial charge in [-0.05, 0) is 31.2 Å². The molecule has 1 aliphatic carbocycles. The average molecular weight is 324 g/mol. The van der Waals surface area contributed by atoms with Gasteiger partial charge in [-0.1, -0.05) is 0 Å². The zero-order valence-electron chi connectivity index (χ0n) is 13.7. The first-order valence-electron chi connectivity index (χ1n) is 8.49. The molecule has 0 aromatic carbocycles. The highest BCUT2D eigenvalue weighted by Crippen LogP contribution is 2.44. The smallest absolute Gasteiger partial charge is 0.259 e. The molecular weight excluding hydrogens is 304 g/mol. The van der Waals surface area contributed by atoms with Gasteiger partial charge in [0.2, 0.25) is 0 Å². The van der Waals surface area contributed by atoms with Crippen molar-refractivity contribution in [2.45, 2.75) is 31.1 Å². The van der Waals surface area contributed by atoms with Crippen molar-refractivity contribution in [3.05, 3.63) is 41.6 Å². The first-order valence-corrected chi connectivity index (χ1v) is 8.49. The number of hydrogen-bond donors (Lipinski definition) is 1. The van der Waals surface area contributed by atoms with E-state index in [-0.39, 0.29) is 11.3 Å². The molecule has 4 heterocycles. The van der Waals surface area contributed by atoms with Crippen molar-refractivity contribution in [3.63, 3.8) is 0 Å². The second kappa shape index (κ2) is 4.72. The van der Waals surface area contributed by atoms with Gasteiger partial charge < -0.3 is 9.47 Å². The summed E-state index contributed by atoms with van der Waals surface area (Å²) in [4.78, 5) is 15.2. The summed E-state index contributed by atoms with van der Waals surface area (Å²) in [5.41, 5.74) is 4.16. The highest BCUT2D eigenvalue weighted by molar-refractivity contribution is 6.00. The van der Waals surface area contributed by atoms with Gasteiger partial charge in [0.25, 0.3) is 5.91 Å². The molecule has 0 radical (unpaired) electrons. The van der Waals surface area contributed by atoms with Gasteiger partial charge in [-0.2, -0.15) is 10.2 Å². The Morgan fingerprint density at radius 2 is 2.21 bits per heavy atom. The number of rotatable bonds is 1. The molecule has 2 aliphatic rings. The Morgan fingerprint density at radius 1 is 1.29 bits per heavy atom. The third-order valence-electron chi connectivity index (χ3n) is 5.75. The topological polar surface area (TPSA) is 71.2 Å². The van der Waals surface area contributed by atoms with Crippen LogP contribution >= 0.6 is 0 Å². The van der Waals surface area contributed by atoms with Crippen LogP contribution in [0.15, 0.2) is 24.8 Å². The van der Waals surface area contributed by atoms with E-state index in [0.29, 0.717) is 5.56 Å². The Kier molecular flexibility index (Phi) is 2.72. The Morgan fingerprint density at radius 3 is 3.12 bits per heavy atom. The number of nitrogens with one attached hydrogen (secondary N) is 1. The fraction of sp³-hybridized carbons (Fsp3) is 0.471. The Hall–Kier alpha value is -2.57. The maximum atomic E-state index is 13.1. The predicted molar refractivity (Wildman–Crippen MR) is 87.9 cm³/mol. The number of piperidine rings is 1. The molecule has 7 nitrogen and oxygen atoms in total. The van der Waals surface area contributed by atoms with E-state index >= 15 is 0 Å². The van der Waals surface area contributed by atoms with Crippen LogP contribution < -0.4 is 0 Å². The summed E-state index contributed by atoms with van der Waals surface area (Å²) in [5.74, 6) is 0.0823. The summed E-state index contributed by atoms with van der Waals surface area (Å²) in [6, 6.07) is 0. The zero-order chi connectivity index (χ0) is 16.3. The van der Waals surface area contributed by atoms with Crippen LogP contribution in [0.4, 0.5) is 0 Å². The molecule has 3 aromatic rings. The van der Waals surface area contributed by atoms with E-state index in [1.807, 2.05) is 35.1 Å². The van der Waals surface area contributed by atoms with Gasteiger partial charge in [0.15, 0.2) is 0 Å². The van der Waals surface area contributed by atoms with E-state index in [0.717, 1.165) is 44.4 Å². The summed E-state index contributed by atoms with van der Waals surface area (Å²) in [6.45, 7) is 1.58. The Bertz CT molecular complexity index is 934. The molecule has 1 amide bonds. The maximum absolute atomic E-state index is 13.1. The zero-order valence-corrected chi connectivity index (χ0v) is 13.7. The summed E-state index contributed by atoms with van der Waals surface area (Å²) < 4.78 is 3.71. The van der Waals surface area contributed by atoms with Gasteiger partial charge >= 0.3 is 0 Å². The van der Waals surface area contributed by atoms with Crippen LogP contribution in [0.25, 0.3) is 5.65 Å². The van der Waals surface area contributed by atoms with E-state index in [9.17, 15) is 4.79 Å². The van der Waals surface area contributed by atoms with Gasteiger partial charge in [-0.15, -0.1) is 0 Å². The molecule has 124 valence electrons. The third kappa shape index (κ3) is 1.75. The molecule has 5 rings (SSSR count). The number of H-pyrrole nitrogens is 1. The summed E-state index contributed by atoms with van der Waals surface area (Å²) in [6.07, 6.45) is 11.7. The van der Waals surface area contributed by atoms with Crippen LogP contribution in [0.2, 0.25) is 0 Å². The molecule has 1 fully saturated rings. The number of fused-ring (bicyclic) bond motifs is 3. The molecule has 24 heavy (non-hydrogen) atoms. The molecule has 1 aliphatic heterocycles. The molecule has 1 unspecified atom stereocenters. The summed E-state index contributed by atoms with van der Waals surface area (Å²) in [7, 11) is 1.94. The Labute approximate surface area is 139 Å². The van der Waals surface area contributed by atoms with Crippen molar-refractivity contribution in [1.82, 2.24) is 29.3 Å². The number of aromatic nitrogens is 5. The van der Waals surface area contributed by atoms with Gasteiger partial charge in [-0.25, -0.2) is 4.52 Å². The largest absolute Gasteiger partial charge is 0.338 e. The number of imidazole rings is 1. The van der Waals surface area contributed by atoms with Gasteiger partial charge in [0, 0.05) is 43.6 Å².